The molecule has 2 aromatic heterocycles. The molecule has 0 saturated heterocycles. The lowest BCUT2D eigenvalue weighted by Gasteiger charge is -2.12. The fraction of sp³-hybridized carbons (Fsp3) is 0.278. The molecule has 1 aromatic carbocycles. The molecule has 0 aliphatic heterocycles. The van der Waals surface area contributed by atoms with Crippen LogP contribution in [0.3, 0.4) is 0 Å². The number of aryl methyl sites for hydroxylation is 1. The highest BCUT2D eigenvalue weighted by Crippen LogP contribution is 2.24. The highest BCUT2D eigenvalue weighted by Gasteiger charge is 2.09. The van der Waals surface area contributed by atoms with Gasteiger partial charge < -0.3 is 10.1 Å². The lowest BCUT2D eigenvalue weighted by atomic mass is 10.2. The van der Waals surface area contributed by atoms with Crippen molar-refractivity contribution in [2.45, 2.75) is 33.4 Å². The molecule has 0 saturated carbocycles. The van der Waals surface area contributed by atoms with Gasteiger partial charge >= 0.3 is 0 Å². The Morgan fingerprint density at radius 1 is 1.17 bits per heavy atom. The number of aromatic nitrogens is 3. The quantitative estimate of drug-likeness (QED) is 0.771. The van der Waals surface area contributed by atoms with Crippen LogP contribution >= 0.6 is 0 Å². The number of halogens is 1. The van der Waals surface area contributed by atoms with E-state index in [-0.39, 0.29) is 11.9 Å². The Morgan fingerprint density at radius 2 is 1.92 bits per heavy atom. The summed E-state index contributed by atoms with van der Waals surface area (Å²) in [6.45, 7) is 6.27. The van der Waals surface area contributed by atoms with Crippen LogP contribution in [0.25, 0.3) is 10.9 Å². The van der Waals surface area contributed by atoms with E-state index in [1.54, 1.807) is 18.3 Å². The van der Waals surface area contributed by atoms with Crippen molar-refractivity contribution >= 4 is 16.7 Å². The molecule has 0 radical (unpaired) electrons. The summed E-state index contributed by atoms with van der Waals surface area (Å²) in [6, 6.07) is 8.21. The molecule has 6 heteroatoms. The van der Waals surface area contributed by atoms with Crippen molar-refractivity contribution in [2.24, 2.45) is 0 Å². The molecular weight excluding hydrogens is 307 g/mol. The second-order valence-corrected chi connectivity index (χ2v) is 5.81. The number of hydrogen-bond acceptors (Lipinski definition) is 5. The average Bonchev–Trinajstić information content (AvgIpc) is 2.54. The van der Waals surface area contributed by atoms with Crippen molar-refractivity contribution < 1.29 is 9.13 Å². The molecule has 3 rings (SSSR count). The normalized spacial score (nSPS) is 11.0. The van der Waals surface area contributed by atoms with E-state index in [1.165, 1.54) is 12.1 Å². The molecule has 0 bridgehead atoms. The summed E-state index contributed by atoms with van der Waals surface area (Å²) in [5.74, 6) is 1.65. The van der Waals surface area contributed by atoms with Crippen molar-refractivity contribution in [3.63, 3.8) is 0 Å². The Morgan fingerprint density at radius 3 is 2.62 bits per heavy atom. The first-order valence-corrected chi connectivity index (χ1v) is 7.80. The molecule has 0 amide bonds. The molecule has 124 valence electrons. The van der Waals surface area contributed by atoms with E-state index in [9.17, 15) is 4.39 Å². The number of anilines is 1. The zero-order chi connectivity index (χ0) is 17.1. The van der Waals surface area contributed by atoms with E-state index in [4.69, 9.17) is 4.74 Å². The van der Waals surface area contributed by atoms with Crippen molar-refractivity contribution in [2.75, 3.05) is 5.32 Å². The van der Waals surface area contributed by atoms with Gasteiger partial charge in [-0.3, -0.25) is 0 Å². The maximum atomic E-state index is 13.0. The van der Waals surface area contributed by atoms with Gasteiger partial charge in [-0.1, -0.05) is 12.1 Å². The van der Waals surface area contributed by atoms with E-state index < -0.39 is 0 Å². The molecule has 0 unspecified atom stereocenters. The molecule has 3 aromatic rings. The minimum Gasteiger partial charge on any atom is -0.475 e. The number of rotatable bonds is 5. The molecule has 2 heterocycles. The maximum Gasteiger partial charge on any atom is 0.214 e. The summed E-state index contributed by atoms with van der Waals surface area (Å²) in [6.07, 6.45) is 1.72. The largest absolute Gasteiger partial charge is 0.475 e. The Kier molecular flexibility index (Phi) is 4.55. The van der Waals surface area contributed by atoms with E-state index in [0.717, 1.165) is 16.5 Å². The summed E-state index contributed by atoms with van der Waals surface area (Å²) in [5, 5.41) is 4.13. The number of benzene rings is 1. The molecule has 5 nitrogen and oxygen atoms in total. The van der Waals surface area contributed by atoms with E-state index in [0.29, 0.717) is 24.1 Å². The molecule has 0 aliphatic rings. The molecule has 0 spiro atoms. The standard InChI is InChI=1S/C18H19FN4O/c1-11(2)24-17-8-15-16(10-20-17)22-12(3)23-18(15)21-9-13-4-6-14(19)7-5-13/h4-8,10-11H,9H2,1-3H3,(H,21,22,23). The zero-order valence-corrected chi connectivity index (χ0v) is 13.9. The van der Waals surface area contributed by atoms with Gasteiger partial charge in [-0.05, 0) is 38.5 Å². The molecule has 0 aliphatic carbocycles. The van der Waals surface area contributed by atoms with E-state index >= 15 is 0 Å². The van der Waals surface area contributed by atoms with Crippen molar-refractivity contribution in [3.8, 4) is 5.88 Å². The van der Waals surface area contributed by atoms with Crippen LogP contribution in [0.15, 0.2) is 36.5 Å². The van der Waals surface area contributed by atoms with Crippen LogP contribution in [0.4, 0.5) is 10.2 Å². The summed E-state index contributed by atoms with van der Waals surface area (Å²) < 4.78 is 18.6. The fourth-order valence-corrected chi connectivity index (χ4v) is 2.36. The Hall–Kier alpha value is -2.76. The van der Waals surface area contributed by atoms with Crippen LogP contribution in [-0.2, 0) is 6.54 Å². The molecular formula is C18H19FN4O. The third kappa shape index (κ3) is 3.76. The average molecular weight is 326 g/mol. The van der Waals surface area contributed by atoms with Crippen LogP contribution in [0.1, 0.15) is 25.2 Å². The predicted octanol–water partition coefficient (Wildman–Crippen LogP) is 3.87. The lowest BCUT2D eigenvalue weighted by molar-refractivity contribution is 0.233. The molecule has 0 fully saturated rings. The number of ether oxygens (including phenoxy) is 1. The van der Waals surface area contributed by atoms with Crippen molar-refractivity contribution in [1.82, 2.24) is 15.0 Å². The summed E-state index contributed by atoms with van der Waals surface area (Å²) >= 11 is 0. The summed E-state index contributed by atoms with van der Waals surface area (Å²) in [7, 11) is 0. The Bertz CT molecular complexity index is 850. The first kappa shape index (κ1) is 16.1. The number of hydrogen-bond donors (Lipinski definition) is 1. The van der Waals surface area contributed by atoms with Crippen LogP contribution in [0, 0.1) is 12.7 Å². The van der Waals surface area contributed by atoms with Gasteiger partial charge in [0.15, 0.2) is 0 Å². The van der Waals surface area contributed by atoms with E-state index in [2.05, 4.69) is 20.3 Å². The smallest absolute Gasteiger partial charge is 0.214 e. The fourth-order valence-electron chi connectivity index (χ4n) is 2.36. The van der Waals surface area contributed by atoms with Gasteiger partial charge in [0, 0.05) is 18.0 Å². The minimum atomic E-state index is -0.247. The van der Waals surface area contributed by atoms with Gasteiger partial charge in [0.05, 0.1) is 17.8 Å². The molecule has 24 heavy (non-hydrogen) atoms. The number of nitrogens with one attached hydrogen (secondary N) is 1. The monoisotopic (exact) mass is 326 g/mol. The van der Waals surface area contributed by atoms with Gasteiger partial charge in [-0.25, -0.2) is 19.3 Å². The zero-order valence-electron chi connectivity index (χ0n) is 13.9. The number of nitrogens with zero attached hydrogens (tertiary/aromatic N) is 3. The third-order valence-electron chi connectivity index (χ3n) is 3.40. The van der Waals surface area contributed by atoms with Crippen LogP contribution in [0.2, 0.25) is 0 Å². The number of fused-ring (bicyclic) bond motifs is 1. The summed E-state index contributed by atoms with van der Waals surface area (Å²) in [5.41, 5.74) is 1.72. The Labute approximate surface area is 139 Å². The van der Waals surface area contributed by atoms with Gasteiger partial charge in [0.2, 0.25) is 5.88 Å². The third-order valence-corrected chi connectivity index (χ3v) is 3.40. The first-order chi connectivity index (χ1) is 11.5. The van der Waals surface area contributed by atoms with Gasteiger partial charge in [0.1, 0.15) is 17.5 Å². The van der Waals surface area contributed by atoms with Crippen molar-refractivity contribution in [1.29, 1.82) is 0 Å². The van der Waals surface area contributed by atoms with Crippen LogP contribution < -0.4 is 10.1 Å². The highest BCUT2D eigenvalue weighted by molar-refractivity contribution is 5.89. The molecule has 1 N–H and O–H groups in total. The second-order valence-electron chi connectivity index (χ2n) is 5.81. The van der Waals surface area contributed by atoms with Gasteiger partial charge in [0.25, 0.3) is 0 Å². The lowest BCUT2D eigenvalue weighted by Crippen LogP contribution is -2.08. The van der Waals surface area contributed by atoms with E-state index in [1.807, 2.05) is 26.8 Å². The van der Waals surface area contributed by atoms with Crippen LogP contribution in [-0.4, -0.2) is 21.1 Å². The van der Waals surface area contributed by atoms with Gasteiger partial charge in [-0.2, -0.15) is 0 Å². The summed E-state index contributed by atoms with van der Waals surface area (Å²) in [4.78, 5) is 13.2. The molecule has 0 atom stereocenters. The topological polar surface area (TPSA) is 59.9 Å². The highest BCUT2D eigenvalue weighted by atomic mass is 19.1. The second kappa shape index (κ2) is 6.78. The maximum absolute atomic E-state index is 13.0. The SMILES string of the molecule is Cc1nc(NCc2ccc(F)cc2)c2cc(OC(C)C)ncc2n1. The van der Waals surface area contributed by atoms with Gasteiger partial charge in [-0.15, -0.1) is 0 Å². The predicted molar refractivity (Wildman–Crippen MR) is 91.6 cm³/mol. The minimum absolute atomic E-state index is 0.0388. The van der Waals surface area contributed by atoms with Crippen molar-refractivity contribution in [3.05, 3.63) is 53.7 Å². The Balaban J connectivity index is 1.91. The van der Waals surface area contributed by atoms with Crippen LogP contribution in [0.5, 0.6) is 5.88 Å². The first-order valence-electron chi connectivity index (χ1n) is 7.80. The number of pyridine rings is 1.